The molecule has 0 bridgehead atoms. The molecule has 0 saturated carbocycles. The van der Waals surface area contributed by atoms with Crippen molar-refractivity contribution in [2.24, 2.45) is 0 Å². The van der Waals surface area contributed by atoms with E-state index >= 15 is 0 Å². The Morgan fingerprint density at radius 3 is 1.75 bits per heavy atom. The third kappa shape index (κ3) is 7.40. The Hall–Kier alpha value is -0.710. The second-order valence-electron chi connectivity index (χ2n) is 1.77. The van der Waals surface area contributed by atoms with E-state index in [1.54, 1.807) is 0 Å². The molecule has 70 valence electrons. The summed E-state index contributed by atoms with van der Waals surface area (Å²) in [7, 11) is -1.41. The van der Waals surface area contributed by atoms with Crippen LogP contribution >= 0.6 is 8.38 Å². The Kier molecular flexibility index (Phi) is 5.53. The van der Waals surface area contributed by atoms with E-state index in [9.17, 15) is 9.59 Å². The third-order valence-electron chi connectivity index (χ3n) is 0.740. The van der Waals surface area contributed by atoms with Gasteiger partial charge in [-0.15, -0.1) is 0 Å². The first kappa shape index (κ1) is 11.3. The highest BCUT2D eigenvalue weighted by Crippen LogP contribution is 2.32. The zero-order valence-electron chi connectivity index (χ0n) is 6.39. The number of carboxylic acid groups (broad SMARTS) is 2. The molecular weight excluding hydrogens is 187 g/mol. The van der Waals surface area contributed by atoms with Crippen LogP contribution in [0.5, 0.6) is 0 Å². The van der Waals surface area contributed by atoms with Crippen molar-refractivity contribution in [3.63, 3.8) is 0 Å². The summed E-state index contributed by atoms with van der Waals surface area (Å²) in [6, 6.07) is 0. The number of hydrogen-bond donors (Lipinski definition) is 2. The van der Waals surface area contributed by atoms with Gasteiger partial charge in [0.2, 0.25) is 0 Å². The second-order valence-corrected chi connectivity index (χ2v) is 3.17. The normalized spacial score (nSPS) is 10.2. The minimum Gasteiger partial charge on any atom is -0.480 e. The smallest absolute Gasteiger partial charge is 0.330 e. The van der Waals surface area contributed by atoms with Gasteiger partial charge in [0.25, 0.3) is 0 Å². The van der Waals surface area contributed by atoms with Crippen molar-refractivity contribution in [1.82, 2.24) is 0 Å². The van der Waals surface area contributed by atoms with Crippen molar-refractivity contribution in [2.75, 3.05) is 19.9 Å². The SMILES string of the molecule is CP(OCC(=O)O)OCC(=O)O. The average Bonchev–Trinajstić information content (AvgIpc) is 1.96. The molecule has 0 fully saturated rings. The zero-order valence-corrected chi connectivity index (χ0v) is 7.28. The van der Waals surface area contributed by atoms with Crippen LogP contribution in [0.15, 0.2) is 0 Å². The molecule has 6 nitrogen and oxygen atoms in total. The van der Waals surface area contributed by atoms with E-state index in [4.69, 9.17) is 10.2 Å². The van der Waals surface area contributed by atoms with E-state index in [1.807, 2.05) is 0 Å². The van der Waals surface area contributed by atoms with Crippen molar-refractivity contribution < 1.29 is 28.8 Å². The zero-order chi connectivity index (χ0) is 9.56. The van der Waals surface area contributed by atoms with Crippen molar-refractivity contribution in [2.45, 2.75) is 0 Å². The summed E-state index contributed by atoms with van der Waals surface area (Å²) in [5.41, 5.74) is 0. The summed E-state index contributed by atoms with van der Waals surface area (Å²) < 4.78 is 9.27. The highest BCUT2D eigenvalue weighted by molar-refractivity contribution is 7.46. The molecule has 0 saturated heterocycles. The van der Waals surface area contributed by atoms with Gasteiger partial charge in [0.15, 0.2) is 21.6 Å². The standard InChI is InChI=1S/C5H9O6P/c1-12(10-2-4(6)7)11-3-5(8)9/h2-3H2,1H3,(H,6,7)(H,8,9). The summed E-state index contributed by atoms with van der Waals surface area (Å²) in [4.78, 5) is 19.9. The maximum atomic E-state index is 9.96. The fourth-order valence-electron chi connectivity index (χ4n) is 0.330. The van der Waals surface area contributed by atoms with Gasteiger partial charge < -0.3 is 19.3 Å². The van der Waals surface area contributed by atoms with E-state index in [0.717, 1.165) is 0 Å². The lowest BCUT2D eigenvalue weighted by Gasteiger charge is -2.08. The second kappa shape index (κ2) is 5.88. The number of carbonyl (C=O) groups is 2. The molecule has 0 aliphatic rings. The van der Waals surface area contributed by atoms with Gasteiger partial charge >= 0.3 is 11.9 Å². The Bertz CT molecular complexity index is 151. The van der Waals surface area contributed by atoms with E-state index in [1.165, 1.54) is 6.66 Å². The van der Waals surface area contributed by atoms with Crippen LogP contribution in [0.4, 0.5) is 0 Å². The Morgan fingerprint density at radius 2 is 1.50 bits per heavy atom. The number of carboxylic acids is 2. The van der Waals surface area contributed by atoms with Gasteiger partial charge in [-0.1, -0.05) is 0 Å². The van der Waals surface area contributed by atoms with Crippen LogP contribution in [0.1, 0.15) is 0 Å². The number of hydrogen-bond acceptors (Lipinski definition) is 4. The molecule has 0 spiro atoms. The fourth-order valence-corrected chi connectivity index (χ4v) is 0.989. The number of rotatable bonds is 6. The molecule has 0 atom stereocenters. The summed E-state index contributed by atoms with van der Waals surface area (Å²) in [5, 5.41) is 16.3. The molecule has 0 aromatic carbocycles. The minimum atomic E-state index is -1.41. The molecule has 12 heavy (non-hydrogen) atoms. The summed E-state index contributed by atoms with van der Waals surface area (Å²) in [5.74, 6) is -2.22. The molecule has 0 rings (SSSR count). The highest BCUT2D eigenvalue weighted by atomic mass is 31.2. The molecule has 0 aliphatic heterocycles. The van der Waals surface area contributed by atoms with E-state index < -0.39 is 33.5 Å². The molecule has 0 aromatic heterocycles. The molecular formula is C5H9O6P. The topological polar surface area (TPSA) is 93.1 Å². The lowest BCUT2D eigenvalue weighted by Crippen LogP contribution is -2.08. The molecule has 0 aromatic rings. The van der Waals surface area contributed by atoms with Crippen LogP contribution in [0, 0.1) is 0 Å². The molecule has 0 radical (unpaired) electrons. The Labute approximate surface area is 70.0 Å². The lowest BCUT2D eigenvalue weighted by atomic mass is 10.8. The fraction of sp³-hybridized carbons (Fsp3) is 0.600. The maximum absolute atomic E-state index is 9.96. The minimum absolute atomic E-state index is 0.470. The van der Waals surface area contributed by atoms with Crippen LogP contribution < -0.4 is 0 Å². The lowest BCUT2D eigenvalue weighted by molar-refractivity contribution is -0.139. The Balaban J connectivity index is 3.39. The largest absolute Gasteiger partial charge is 0.480 e. The van der Waals surface area contributed by atoms with Gasteiger partial charge in [-0.25, -0.2) is 9.59 Å². The van der Waals surface area contributed by atoms with Gasteiger partial charge in [0.05, 0.1) is 0 Å². The van der Waals surface area contributed by atoms with Gasteiger partial charge in [0, 0.05) is 6.66 Å². The van der Waals surface area contributed by atoms with Crippen LogP contribution in [-0.4, -0.2) is 42.0 Å². The quantitative estimate of drug-likeness (QED) is 0.586. The van der Waals surface area contributed by atoms with Crippen molar-refractivity contribution >= 4 is 20.3 Å². The molecule has 0 amide bonds. The average molecular weight is 196 g/mol. The molecule has 0 heterocycles. The first-order valence-electron chi connectivity index (χ1n) is 2.95. The van der Waals surface area contributed by atoms with E-state index in [2.05, 4.69) is 9.05 Å². The van der Waals surface area contributed by atoms with Crippen LogP contribution in [0.3, 0.4) is 0 Å². The van der Waals surface area contributed by atoms with Crippen molar-refractivity contribution in [3.8, 4) is 0 Å². The third-order valence-corrected chi connectivity index (χ3v) is 1.73. The predicted octanol–water partition coefficient (Wildman–Crippen LogP) is 0.130. The van der Waals surface area contributed by atoms with Crippen molar-refractivity contribution in [1.29, 1.82) is 0 Å². The van der Waals surface area contributed by atoms with Gasteiger partial charge in [-0.05, 0) is 0 Å². The van der Waals surface area contributed by atoms with Crippen LogP contribution in [0.2, 0.25) is 0 Å². The van der Waals surface area contributed by atoms with Crippen molar-refractivity contribution in [3.05, 3.63) is 0 Å². The molecule has 0 aliphatic carbocycles. The predicted molar refractivity (Wildman–Crippen MR) is 40.0 cm³/mol. The molecule has 0 unspecified atom stereocenters. The van der Waals surface area contributed by atoms with Gasteiger partial charge in [-0.3, -0.25) is 0 Å². The first-order chi connectivity index (χ1) is 5.52. The van der Waals surface area contributed by atoms with E-state index in [0.29, 0.717) is 0 Å². The summed E-state index contributed by atoms with van der Waals surface area (Å²) in [6.07, 6.45) is 0. The monoisotopic (exact) mass is 196 g/mol. The van der Waals surface area contributed by atoms with Gasteiger partial charge in [0.1, 0.15) is 0 Å². The Morgan fingerprint density at radius 1 is 1.17 bits per heavy atom. The highest BCUT2D eigenvalue weighted by Gasteiger charge is 2.07. The molecule has 7 heteroatoms. The van der Waals surface area contributed by atoms with Crippen LogP contribution in [-0.2, 0) is 18.6 Å². The van der Waals surface area contributed by atoms with Gasteiger partial charge in [-0.2, -0.15) is 0 Å². The summed E-state index contributed by atoms with van der Waals surface area (Å²) >= 11 is 0. The summed E-state index contributed by atoms with van der Waals surface area (Å²) in [6.45, 7) is 0.546. The number of aliphatic carboxylic acids is 2. The van der Waals surface area contributed by atoms with E-state index in [-0.39, 0.29) is 0 Å². The van der Waals surface area contributed by atoms with Crippen LogP contribution in [0.25, 0.3) is 0 Å². The molecule has 2 N–H and O–H groups in total. The first-order valence-corrected chi connectivity index (χ1v) is 4.58. The maximum Gasteiger partial charge on any atom is 0.330 e.